The van der Waals surface area contributed by atoms with Gasteiger partial charge in [-0.15, -0.1) is 21.5 Å². The number of carbonyl (C=O) groups is 1. The third-order valence-corrected chi connectivity index (χ3v) is 4.93. The fourth-order valence-corrected chi connectivity index (χ4v) is 3.32. The maximum absolute atomic E-state index is 12.0. The zero-order valence-corrected chi connectivity index (χ0v) is 14.9. The van der Waals surface area contributed by atoms with Gasteiger partial charge in [-0.2, -0.15) is 0 Å². The van der Waals surface area contributed by atoms with Crippen molar-refractivity contribution in [3.63, 3.8) is 0 Å². The van der Waals surface area contributed by atoms with Crippen LogP contribution in [-0.4, -0.2) is 29.0 Å². The van der Waals surface area contributed by atoms with Crippen molar-refractivity contribution in [2.45, 2.75) is 5.22 Å². The van der Waals surface area contributed by atoms with Crippen molar-refractivity contribution in [1.82, 2.24) is 10.2 Å². The maximum atomic E-state index is 12.0. The number of anilines is 1. The van der Waals surface area contributed by atoms with E-state index in [0.29, 0.717) is 21.1 Å². The molecule has 0 atom stereocenters. The van der Waals surface area contributed by atoms with Gasteiger partial charge in [0.25, 0.3) is 11.1 Å². The van der Waals surface area contributed by atoms with E-state index in [1.807, 2.05) is 6.07 Å². The first-order valence-electron chi connectivity index (χ1n) is 6.80. The zero-order chi connectivity index (χ0) is 16.9. The Morgan fingerprint density at radius 2 is 2.08 bits per heavy atom. The second-order valence-electron chi connectivity index (χ2n) is 4.54. The topological polar surface area (TPSA) is 77.2 Å². The lowest BCUT2D eigenvalue weighted by Crippen LogP contribution is -2.13. The molecule has 6 nitrogen and oxygen atoms in total. The van der Waals surface area contributed by atoms with Gasteiger partial charge in [0.2, 0.25) is 5.91 Å². The molecular weight excluding hydrogens is 370 g/mol. The molecule has 1 amide bonds. The van der Waals surface area contributed by atoms with E-state index in [-0.39, 0.29) is 11.7 Å². The first-order valence-corrected chi connectivity index (χ1v) is 8.98. The monoisotopic (exact) mass is 381 g/mol. The summed E-state index contributed by atoms with van der Waals surface area (Å²) in [5, 5.41) is 11.0. The summed E-state index contributed by atoms with van der Waals surface area (Å²) in [7, 11) is 1.59. The fraction of sp³-hybridized carbons (Fsp3) is 0.133. The molecule has 0 spiro atoms. The number of amides is 1. The molecule has 2 aromatic heterocycles. The standard InChI is InChI=1S/C15H12ClN3O3S2/c1-21-10-4-2-9(3-5-10)17-13(20)8-23-15-19-18-14(22-15)11-6-7-12(16)24-11/h2-7H,8H2,1H3,(H,17,20). The van der Waals surface area contributed by atoms with Gasteiger partial charge < -0.3 is 14.5 Å². The Balaban J connectivity index is 1.53. The van der Waals surface area contributed by atoms with Gasteiger partial charge in [-0.1, -0.05) is 23.4 Å². The maximum Gasteiger partial charge on any atom is 0.277 e. The number of thiophene rings is 1. The zero-order valence-electron chi connectivity index (χ0n) is 12.5. The van der Waals surface area contributed by atoms with Crippen molar-refractivity contribution in [2.75, 3.05) is 18.2 Å². The molecule has 3 rings (SSSR count). The summed E-state index contributed by atoms with van der Waals surface area (Å²) in [6, 6.07) is 10.7. The molecule has 1 N–H and O–H groups in total. The molecule has 0 saturated carbocycles. The molecule has 0 unspecified atom stereocenters. The highest BCUT2D eigenvalue weighted by Crippen LogP contribution is 2.31. The number of carbonyl (C=O) groups excluding carboxylic acids is 1. The number of nitrogens with one attached hydrogen (secondary N) is 1. The average Bonchev–Trinajstić information content (AvgIpc) is 3.22. The fourth-order valence-electron chi connectivity index (χ4n) is 1.80. The van der Waals surface area contributed by atoms with Gasteiger partial charge in [-0.05, 0) is 36.4 Å². The lowest BCUT2D eigenvalue weighted by molar-refractivity contribution is -0.113. The van der Waals surface area contributed by atoms with Crippen LogP contribution in [0.1, 0.15) is 0 Å². The number of thioether (sulfide) groups is 1. The predicted molar refractivity (Wildman–Crippen MR) is 95.0 cm³/mol. The molecule has 124 valence electrons. The normalized spacial score (nSPS) is 10.6. The van der Waals surface area contributed by atoms with Crippen LogP contribution >= 0.6 is 34.7 Å². The van der Waals surface area contributed by atoms with E-state index < -0.39 is 0 Å². The summed E-state index contributed by atoms with van der Waals surface area (Å²) < 4.78 is 11.2. The molecule has 0 aliphatic rings. The van der Waals surface area contributed by atoms with Gasteiger partial charge in [-0.25, -0.2) is 0 Å². The SMILES string of the molecule is COc1ccc(NC(=O)CSc2nnc(-c3ccc(Cl)s3)o2)cc1. The number of hydrogen-bond donors (Lipinski definition) is 1. The summed E-state index contributed by atoms with van der Waals surface area (Å²) in [6.45, 7) is 0. The van der Waals surface area contributed by atoms with Crippen LogP contribution in [0.2, 0.25) is 4.34 Å². The van der Waals surface area contributed by atoms with E-state index in [2.05, 4.69) is 15.5 Å². The van der Waals surface area contributed by atoms with Gasteiger partial charge in [0, 0.05) is 5.69 Å². The third kappa shape index (κ3) is 4.28. The highest BCUT2D eigenvalue weighted by atomic mass is 35.5. The minimum Gasteiger partial charge on any atom is -0.497 e. The molecule has 0 aliphatic carbocycles. The van der Waals surface area contributed by atoms with Crippen LogP contribution in [0, 0.1) is 0 Å². The summed E-state index contributed by atoms with van der Waals surface area (Å²) >= 11 is 8.40. The van der Waals surface area contributed by atoms with Crippen LogP contribution in [-0.2, 0) is 4.79 Å². The molecule has 9 heteroatoms. The molecule has 24 heavy (non-hydrogen) atoms. The van der Waals surface area contributed by atoms with Gasteiger partial charge in [-0.3, -0.25) is 4.79 Å². The van der Waals surface area contributed by atoms with Crippen LogP contribution in [0.15, 0.2) is 46.0 Å². The number of hydrogen-bond acceptors (Lipinski definition) is 7. The highest BCUT2D eigenvalue weighted by Gasteiger charge is 2.13. The smallest absolute Gasteiger partial charge is 0.277 e. The summed E-state index contributed by atoms with van der Waals surface area (Å²) in [5.41, 5.74) is 0.695. The van der Waals surface area contributed by atoms with Crippen LogP contribution in [0.5, 0.6) is 5.75 Å². The first-order chi connectivity index (χ1) is 11.6. The molecule has 0 radical (unpaired) electrons. The van der Waals surface area contributed by atoms with Gasteiger partial charge in [0.05, 0.1) is 22.1 Å². The van der Waals surface area contributed by atoms with E-state index in [1.54, 1.807) is 37.4 Å². The van der Waals surface area contributed by atoms with Crippen molar-refractivity contribution in [1.29, 1.82) is 0 Å². The van der Waals surface area contributed by atoms with E-state index in [9.17, 15) is 4.79 Å². The third-order valence-electron chi connectivity index (χ3n) is 2.89. The Bertz CT molecular complexity index is 833. The second kappa shape index (κ2) is 7.69. The van der Waals surface area contributed by atoms with Crippen LogP contribution in [0.25, 0.3) is 10.8 Å². The van der Waals surface area contributed by atoms with Gasteiger partial charge in [0.1, 0.15) is 5.75 Å². The minimum absolute atomic E-state index is 0.163. The van der Waals surface area contributed by atoms with E-state index in [4.69, 9.17) is 20.8 Å². The Morgan fingerprint density at radius 1 is 1.29 bits per heavy atom. The first kappa shape index (κ1) is 16.8. The molecule has 0 bridgehead atoms. The molecule has 0 aliphatic heterocycles. The van der Waals surface area contributed by atoms with E-state index >= 15 is 0 Å². The largest absolute Gasteiger partial charge is 0.497 e. The summed E-state index contributed by atoms with van der Waals surface area (Å²) in [4.78, 5) is 12.7. The Hall–Kier alpha value is -2.03. The number of aromatic nitrogens is 2. The Kier molecular flexibility index (Phi) is 5.39. The number of rotatable bonds is 6. The van der Waals surface area contributed by atoms with Gasteiger partial charge in [0.15, 0.2) is 0 Å². The van der Waals surface area contributed by atoms with Crippen LogP contribution in [0.4, 0.5) is 5.69 Å². The molecule has 1 aromatic carbocycles. The molecule has 0 saturated heterocycles. The predicted octanol–water partition coefficient (Wildman–Crippen LogP) is 4.19. The molecule has 2 heterocycles. The summed E-state index contributed by atoms with van der Waals surface area (Å²) in [5.74, 6) is 1.13. The van der Waals surface area contributed by atoms with E-state index in [1.165, 1.54) is 23.1 Å². The van der Waals surface area contributed by atoms with Gasteiger partial charge >= 0.3 is 0 Å². The van der Waals surface area contributed by atoms with Crippen molar-refractivity contribution in [3.8, 4) is 16.5 Å². The van der Waals surface area contributed by atoms with E-state index in [0.717, 1.165) is 10.6 Å². The average molecular weight is 382 g/mol. The lowest BCUT2D eigenvalue weighted by Gasteiger charge is -2.05. The number of methoxy groups -OCH3 is 1. The van der Waals surface area contributed by atoms with Crippen LogP contribution < -0.4 is 10.1 Å². The molecule has 3 aromatic rings. The van der Waals surface area contributed by atoms with Crippen molar-refractivity contribution in [2.24, 2.45) is 0 Å². The van der Waals surface area contributed by atoms with Crippen LogP contribution in [0.3, 0.4) is 0 Å². The number of ether oxygens (including phenoxy) is 1. The second-order valence-corrected chi connectivity index (χ2v) is 7.18. The quantitative estimate of drug-likeness (QED) is 0.645. The summed E-state index contributed by atoms with van der Waals surface area (Å²) in [6.07, 6.45) is 0. The Morgan fingerprint density at radius 3 is 2.75 bits per heavy atom. The molecule has 0 fully saturated rings. The minimum atomic E-state index is -0.163. The number of nitrogens with zero attached hydrogens (tertiary/aromatic N) is 2. The van der Waals surface area contributed by atoms with Crippen molar-refractivity contribution < 1.29 is 13.9 Å². The lowest BCUT2D eigenvalue weighted by atomic mass is 10.3. The molecular formula is C15H12ClN3O3S2. The number of halogens is 1. The Labute approximate surface area is 151 Å². The van der Waals surface area contributed by atoms with Crippen molar-refractivity contribution >= 4 is 46.3 Å². The number of benzene rings is 1. The highest BCUT2D eigenvalue weighted by molar-refractivity contribution is 7.99. The van der Waals surface area contributed by atoms with Crippen molar-refractivity contribution in [3.05, 3.63) is 40.7 Å².